The molecule has 0 aromatic carbocycles. The van der Waals surface area contributed by atoms with E-state index in [0.29, 0.717) is 0 Å². The second kappa shape index (κ2) is 2.46. The fourth-order valence-corrected chi connectivity index (χ4v) is 0.352. The highest BCUT2D eigenvalue weighted by molar-refractivity contribution is 5.68. The van der Waals surface area contributed by atoms with Gasteiger partial charge in [0.05, 0.1) is 11.5 Å². The molecule has 2 heteroatoms. The molecule has 0 aliphatic heterocycles. The van der Waals surface area contributed by atoms with Crippen LogP contribution in [0.25, 0.3) is 0 Å². The van der Waals surface area contributed by atoms with Crippen molar-refractivity contribution in [2.75, 3.05) is 7.05 Å². The number of hydrogen-bond donors (Lipinski definition) is 0. The van der Waals surface area contributed by atoms with E-state index in [-0.39, 0.29) is 0 Å². The third kappa shape index (κ3) is 2.35. The van der Waals surface area contributed by atoms with Crippen LogP contribution in [-0.4, -0.2) is 13.3 Å². The Balaban J connectivity index is 3.97. The molecule has 0 N–H and O–H groups in total. The molecule has 0 aromatic heterocycles. The van der Waals surface area contributed by atoms with Crippen molar-refractivity contribution in [3.63, 3.8) is 0 Å². The first-order valence-corrected chi connectivity index (χ1v) is 2.47. The highest BCUT2D eigenvalue weighted by atomic mass is 14.6. The second-order valence-electron chi connectivity index (χ2n) is 2.22. The van der Waals surface area contributed by atoms with Crippen molar-refractivity contribution >= 4 is 6.21 Å². The van der Waals surface area contributed by atoms with Gasteiger partial charge in [-0.2, -0.15) is 5.26 Å². The second-order valence-corrected chi connectivity index (χ2v) is 2.22. The first kappa shape index (κ1) is 7.16. The van der Waals surface area contributed by atoms with Crippen LogP contribution < -0.4 is 0 Å². The fraction of sp³-hybridized carbons (Fsp3) is 0.667. The molecule has 44 valence electrons. The van der Waals surface area contributed by atoms with Crippen molar-refractivity contribution in [2.45, 2.75) is 13.8 Å². The average molecular weight is 110 g/mol. The number of nitriles is 1. The highest BCUT2D eigenvalue weighted by Gasteiger charge is 2.10. The number of aliphatic imine (C=N–C) groups is 1. The fourth-order valence-electron chi connectivity index (χ4n) is 0.352. The molecule has 0 saturated heterocycles. The minimum Gasteiger partial charge on any atom is -0.299 e. The first-order valence-electron chi connectivity index (χ1n) is 2.47. The Hall–Kier alpha value is -0.840. The van der Waals surface area contributed by atoms with E-state index in [0.717, 1.165) is 0 Å². The molecule has 0 aliphatic carbocycles. The summed E-state index contributed by atoms with van der Waals surface area (Å²) in [5.74, 6) is 0. The first-order chi connectivity index (χ1) is 3.62. The zero-order valence-electron chi connectivity index (χ0n) is 5.47. The van der Waals surface area contributed by atoms with E-state index in [1.807, 2.05) is 13.8 Å². The van der Waals surface area contributed by atoms with Crippen molar-refractivity contribution in [3.8, 4) is 6.07 Å². The summed E-state index contributed by atoms with van der Waals surface area (Å²) in [6, 6.07) is 2.09. The van der Waals surface area contributed by atoms with E-state index in [2.05, 4.69) is 11.1 Å². The molecule has 0 amide bonds. The Kier molecular flexibility index (Phi) is 2.20. The van der Waals surface area contributed by atoms with Crippen LogP contribution in [0.1, 0.15) is 13.8 Å². The smallest absolute Gasteiger partial charge is 0.0863 e. The summed E-state index contributed by atoms with van der Waals surface area (Å²) in [6.07, 6.45) is 1.63. The van der Waals surface area contributed by atoms with Crippen molar-refractivity contribution in [3.05, 3.63) is 0 Å². The van der Waals surface area contributed by atoms with E-state index >= 15 is 0 Å². The molecule has 0 rings (SSSR count). The molecule has 0 atom stereocenters. The molecule has 8 heavy (non-hydrogen) atoms. The van der Waals surface area contributed by atoms with Gasteiger partial charge in [-0.3, -0.25) is 4.99 Å². The minimum atomic E-state index is -0.394. The number of nitrogens with zero attached hydrogens (tertiary/aromatic N) is 2. The molecule has 0 radical (unpaired) electrons. The molecule has 0 aliphatic rings. The highest BCUT2D eigenvalue weighted by Crippen LogP contribution is 2.07. The lowest BCUT2D eigenvalue weighted by Gasteiger charge is -2.04. The van der Waals surface area contributed by atoms with Crippen LogP contribution in [0.15, 0.2) is 4.99 Å². The maximum Gasteiger partial charge on any atom is 0.0863 e. The maximum absolute atomic E-state index is 8.38. The maximum atomic E-state index is 8.38. The average Bonchev–Trinajstić information content (AvgIpc) is 1.67. The number of hydrogen-bond acceptors (Lipinski definition) is 2. The predicted octanol–water partition coefficient (Wildman–Crippen LogP) is 1.24. The third-order valence-corrected chi connectivity index (χ3v) is 0.740. The summed E-state index contributed by atoms with van der Waals surface area (Å²) >= 11 is 0. The van der Waals surface area contributed by atoms with Gasteiger partial charge in [0.1, 0.15) is 0 Å². The van der Waals surface area contributed by atoms with Crippen molar-refractivity contribution in [2.24, 2.45) is 10.4 Å². The van der Waals surface area contributed by atoms with E-state index in [1.165, 1.54) is 0 Å². The van der Waals surface area contributed by atoms with Crippen LogP contribution in [0, 0.1) is 16.7 Å². The van der Waals surface area contributed by atoms with Gasteiger partial charge in [-0.15, -0.1) is 0 Å². The zero-order chi connectivity index (χ0) is 6.62. The van der Waals surface area contributed by atoms with Crippen LogP contribution in [-0.2, 0) is 0 Å². The predicted molar refractivity (Wildman–Crippen MR) is 33.8 cm³/mol. The van der Waals surface area contributed by atoms with Crippen LogP contribution in [0.4, 0.5) is 0 Å². The topological polar surface area (TPSA) is 36.1 Å². The summed E-state index contributed by atoms with van der Waals surface area (Å²) in [6.45, 7) is 3.64. The van der Waals surface area contributed by atoms with Gasteiger partial charge in [-0.05, 0) is 13.8 Å². The Morgan fingerprint density at radius 3 is 2.25 bits per heavy atom. The van der Waals surface area contributed by atoms with Gasteiger partial charge >= 0.3 is 0 Å². The third-order valence-electron chi connectivity index (χ3n) is 0.740. The molecule has 0 unspecified atom stereocenters. The summed E-state index contributed by atoms with van der Waals surface area (Å²) in [7, 11) is 1.67. The molecule has 0 heterocycles. The van der Waals surface area contributed by atoms with Gasteiger partial charge in [-0.1, -0.05) is 0 Å². The SMILES string of the molecule is CN=CC(C)(C)C#N. The van der Waals surface area contributed by atoms with Crippen molar-refractivity contribution < 1.29 is 0 Å². The van der Waals surface area contributed by atoms with Crippen LogP contribution >= 0.6 is 0 Å². The molecule has 0 aromatic rings. The summed E-state index contributed by atoms with van der Waals surface area (Å²) in [5, 5.41) is 8.38. The van der Waals surface area contributed by atoms with Crippen LogP contribution in [0.3, 0.4) is 0 Å². The molecule has 0 spiro atoms. The van der Waals surface area contributed by atoms with E-state index in [9.17, 15) is 0 Å². The van der Waals surface area contributed by atoms with Gasteiger partial charge in [0.25, 0.3) is 0 Å². The van der Waals surface area contributed by atoms with Gasteiger partial charge in [0.15, 0.2) is 0 Å². The monoisotopic (exact) mass is 110 g/mol. The van der Waals surface area contributed by atoms with Crippen molar-refractivity contribution in [1.29, 1.82) is 5.26 Å². The summed E-state index contributed by atoms with van der Waals surface area (Å²) < 4.78 is 0. The standard InChI is InChI=1S/C6H10N2/c1-6(2,4-7)5-8-3/h5H,1-3H3. The molecular weight excluding hydrogens is 100 g/mol. The lowest BCUT2D eigenvalue weighted by molar-refractivity contribution is 0.711. The lowest BCUT2D eigenvalue weighted by Crippen LogP contribution is -2.08. The van der Waals surface area contributed by atoms with Gasteiger partial charge in [-0.25, -0.2) is 0 Å². The summed E-state index contributed by atoms with van der Waals surface area (Å²) in [5.41, 5.74) is -0.394. The van der Waals surface area contributed by atoms with Crippen LogP contribution in [0.2, 0.25) is 0 Å². The van der Waals surface area contributed by atoms with Crippen LogP contribution in [0.5, 0.6) is 0 Å². The molecule has 0 bridgehead atoms. The molecule has 0 saturated carbocycles. The Morgan fingerprint density at radius 1 is 1.62 bits per heavy atom. The normalized spacial score (nSPS) is 11.8. The summed E-state index contributed by atoms with van der Waals surface area (Å²) in [4.78, 5) is 3.73. The largest absolute Gasteiger partial charge is 0.299 e. The van der Waals surface area contributed by atoms with Gasteiger partial charge in [0.2, 0.25) is 0 Å². The van der Waals surface area contributed by atoms with Gasteiger partial charge in [0, 0.05) is 13.3 Å². The zero-order valence-corrected chi connectivity index (χ0v) is 5.47. The Labute approximate surface area is 49.9 Å². The molecular formula is C6H10N2. The van der Waals surface area contributed by atoms with E-state index in [1.54, 1.807) is 13.3 Å². The van der Waals surface area contributed by atoms with Gasteiger partial charge < -0.3 is 0 Å². The molecule has 0 fully saturated rings. The van der Waals surface area contributed by atoms with E-state index in [4.69, 9.17) is 5.26 Å². The number of rotatable bonds is 1. The van der Waals surface area contributed by atoms with E-state index < -0.39 is 5.41 Å². The quantitative estimate of drug-likeness (QED) is 0.468. The molecule has 2 nitrogen and oxygen atoms in total. The lowest BCUT2D eigenvalue weighted by atomic mass is 9.98. The Bertz CT molecular complexity index is 128. The minimum absolute atomic E-state index is 0.394. The van der Waals surface area contributed by atoms with Crippen molar-refractivity contribution in [1.82, 2.24) is 0 Å². The Morgan fingerprint density at radius 2 is 2.12 bits per heavy atom.